The van der Waals surface area contributed by atoms with E-state index in [0.29, 0.717) is 17.1 Å². The van der Waals surface area contributed by atoms with E-state index in [2.05, 4.69) is 26.5 Å². The first-order valence-electron chi connectivity index (χ1n) is 6.62. The lowest BCUT2D eigenvalue weighted by molar-refractivity contribution is -0.123. The van der Waals surface area contributed by atoms with Gasteiger partial charge in [-0.25, -0.2) is 9.82 Å². The van der Waals surface area contributed by atoms with Crippen LogP contribution < -0.4 is 14.9 Å². The van der Waals surface area contributed by atoms with E-state index in [1.165, 1.54) is 30.5 Å². The molecular weight excluding hydrogens is 367 g/mol. The molecule has 0 aliphatic rings. The number of hydrogen-bond donors (Lipinski definition) is 1. The van der Waals surface area contributed by atoms with Gasteiger partial charge in [-0.05, 0) is 42.5 Å². The summed E-state index contributed by atoms with van der Waals surface area (Å²) in [5.41, 5.74) is 3.05. The first-order chi connectivity index (χ1) is 11.1. The zero-order chi connectivity index (χ0) is 16.7. The zero-order valence-corrected chi connectivity index (χ0v) is 13.8. The van der Waals surface area contributed by atoms with Crippen molar-refractivity contribution in [3.05, 3.63) is 58.3 Å². The van der Waals surface area contributed by atoms with Crippen molar-refractivity contribution >= 4 is 28.1 Å². The summed E-state index contributed by atoms with van der Waals surface area (Å²) in [6, 6.07) is 10.8. The molecule has 1 amide bonds. The number of carbonyl (C=O) groups excluding carboxylic acids is 1. The lowest BCUT2D eigenvalue weighted by atomic mass is 10.2. The van der Waals surface area contributed by atoms with Crippen molar-refractivity contribution < 1.29 is 18.7 Å². The van der Waals surface area contributed by atoms with Crippen molar-refractivity contribution in [1.82, 2.24) is 5.43 Å². The zero-order valence-electron chi connectivity index (χ0n) is 12.3. The van der Waals surface area contributed by atoms with Gasteiger partial charge in [0, 0.05) is 10.0 Å². The summed E-state index contributed by atoms with van der Waals surface area (Å²) >= 11 is 3.35. The molecule has 0 heterocycles. The summed E-state index contributed by atoms with van der Waals surface area (Å²) in [5.74, 6) is 0.238. The molecule has 5 nitrogen and oxygen atoms in total. The Hall–Kier alpha value is -2.41. The van der Waals surface area contributed by atoms with E-state index < -0.39 is 5.91 Å². The molecule has 7 heteroatoms. The lowest BCUT2D eigenvalue weighted by Crippen LogP contribution is -2.24. The number of ether oxygens (including phenoxy) is 2. The number of nitrogens with one attached hydrogen (secondary N) is 1. The van der Waals surface area contributed by atoms with Gasteiger partial charge < -0.3 is 9.47 Å². The molecule has 0 spiro atoms. The molecular formula is C16H14BrFN2O3. The number of hydrazone groups is 1. The summed E-state index contributed by atoms with van der Waals surface area (Å²) in [4.78, 5) is 11.6. The van der Waals surface area contributed by atoms with E-state index in [4.69, 9.17) is 9.47 Å². The van der Waals surface area contributed by atoms with Crippen molar-refractivity contribution in [2.45, 2.75) is 0 Å². The number of benzene rings is 2. The molecule has 0 unspecified atom stereocenters. The van der Waals surface area contributed by atoms with Crippen LogP contribution in [0.3, 0.4) is 0 Å². The SMILES string of the molecule is COc1ccc(Br)cc1/C=N/NC(=O)COc1ccc(F)cc1. The third-order valence-electron chi connectivity index (χ3n) is 2.77. The van der Waals surface area contributed by atoms with Crippen molar-refractivity contribution in [3.63, 3.8) is 0 Å². The maximum absolute atomic E-state index is 12.7. The summed E-state index contributed by atoms with van der Waals surface area (Å²) in [7, 11) is 1.55. The average molecular weight is 381 g/mol. The summed E-state index contributed by atoms with van der Waals surface area (Å²) < 4.78 is 24.0. The van der Waals surface area contributed by atoms with Gasteiger partial charge in [-0.3, -0.25) is 4.79 Å². The number of carbonyl (C=O) groups is 1. The topological polar surface area (TPSA) is 59.9 Å². The van der Waals surface area contributed by atoms with Crippen LogP contribution in [0.1, 0.15) is 5.56 Å². The van der Waals surface area contributed by atoms with Crippen LogP contribution in [0.15, 0.2) is 52.0 Å². The van der Waals surface area contributed by atoms with Crippen molar-refractivity contribution in [3.8, 4) is 11.5 Å². The predicted octanol–water partition coefficient (Wildman–Crippen LogP) is 3.13. The number of hydrogen-bond acceptors (Lipinski definition) is 4. The van der Waals surface area contributed by atoms with Crippen LogP contribution in [0.4, 0.5) is 4.39 Å². The Kier molecular flexibility index (Phi) is 6.10. The Morgan fingerprint density at radius 1 is 1.30 bits per heavy atom. The minimum atomic E-state index is -0.431. The van der Waals surface area contributed by atoms with Crippen LogP contribution in [-0.4, -0.2) is 25.8 Å². The number of amides is 1. The van der Waals surface area contributed by atoms with Crippen LogP contribution in [0, 0.1) is 5.82 Å². The molecule has 2 aromatic rings. The van der Waals surface area contributed by atoms with Crippen molar-refractivity contribution in [1.29, 1.82) is 0 Å². The van der Waals surface area contributed by atoms with Gasteiger partial charge in [0.25, 0.3) is 5.91 Å². The summed E-state index contributed by atoms with van der Waals surface area (Å²) in [6.07, 6.45) is 1.47. The fraction of sp³-hybridized carbons (Fsp3) is 0.125. The van der Waals surface area contributed by atoms with Gasteiger partial charge in [0.2, 0.25) is 0 Å². The van der Waals surface area contributed by atoms with Crippen molar-refractivity contribution in [2.75, 3.05) is 13.7 Å². The lowest BCUT2D eigenvalue weighted by Gasteiger charge is -2.06. The quantitative estimate of drug-likeness (QED) is 0.618. The minimum absolute atomic E-state index is 0.224. The first kappa shape index (κ1) is 17.0. The Bertz CT molecular complexity index is 705. The number of nitrogens with zero attached hydrogens (tertiary/aromatic N) is 1. The molecule has 0 radical (unpaired) electrons. The van der Waals surface area contributed by atoms with Gasteiger partial charge in [0.05, 0.1) is 13.3 Å². The van der Waals surface area contributed by atoms with E-state index in [1.807, 2.05) is 12.1 Å². The highest BCUT2D eigenvalue weighted by Crippen LogP contribution is 2.21. The number of halogens is 2. The third-order valence-corrected chi connectivity index (χ3v) is 3.26. The molecule has 0 aliphatic heterocycles. The standard InChI is InChI=1S/C16H14BrFN2O3/c1-22-15-7-2-12(17)8-11(15)9-19-20-16(21)10-23-14-5-3-13(18)4-6-14/h2-9H,10H2,1H3,(H,20,21)/b19-9+. The Morgan fingerprint density at radius 3 is 2.74 bits per heavy atom. The first-order valence-corrected chi connectivity index (χ1v) is 7.41. The van der Waals surface area contributed by atoms with E-state index in [1.54, 1.807) is 13.2 Å². The monoisotopic (exact) mass is 380 g/mol. The molecule has 120 valence electrons. The average Bonchev–Trinajstić information content (AvgIpc) is 2.54. The second-order valence-electron chi connectivity index (χ2n) is 4.42. The molecule has 0 atom stereocenters. The Balaban J connectivity index is 1.86. The van der Waals surface area contributed by atoms with Crippen LogP contribution in [0.5, 0.6) is 11.5 Å². The molecule has 0 fully saturated rings. The number of methoxy groups -OCH3 is 1. The van der Waals surface area contributed by atoms with Gasteiger partial charge in [0.15, 0.2) is 6.61 Å². The van der Waals surface area contributed by atoms with Gasteiger partial charge >= 0.3 is 0 Å². The van der Waals surface area contributed by atoms with Gasteiger partial charge in [-0.15, -0.1) is 0 Å². The highest BCUT2D eigenvalue weighted by Gasteiger charge is 2.03. The Morgan fingerprint density at radius 2 is 2.04 bits per heavy atom. The normalized spacial score (nSPS) is 10.6. The van der Waals surface area contributed by atoms with Crippen LogP contribution in [-0.2, 0) is 4.79 Å². The predicted molar refractivity (Wildman–Crippen MR) is 88.3 cm³/mol. The highest BCUT2D eigenvalue weighted by molar-refractivity contribution is 9.10. The number of rotatable bonds is 6. The molecule has 1 N–H and O–H groups in total. The van der Waals surface area contributed by atoms with Gasteiger partial charge in [-0.2, -0.15) is 5.10 Å². The van der Waals surface area contributed by atoms with Gasteiger partial charge in [0.1, 0.15) is 17.3 Å². The van der Waals surface area contributed by atoms with E-state index in [9.17, 15) is 9.18 Å². The van der Waals surface area contributed by atoms with E-state index >= 15 is 0 Å². The second kappa shape index (κ2) is 8.28. The highest BCUT2D eigenvalue weighted by atomic mass is 79.9. The molecule has 2 aromatic carbocycles. The molecule has 0 saturated heterocycles. The van der Waals surface area contributed by atoms with Crippen LogP contribution in [0.2, 0.25) is 0 Å². The third kappa shape index (κ3) is 5.37. The summed E-state index contributed by atoms with van der Waals surface area (Å²) in [6.45, 7) is -0.224. The molecule has 0 aromatic heterocycles. The van der Waals surface area contributed by atoms with Crippen molar-refractivity contribution in [2.24, 2.45) is 5.10 Å². The van der Waals surface area contributed by atoms with E-state index in [-0.39, 0.29) is 12.4 Å². The fourth-order valence-corrected chi connectivity index (χ4v) is 2.07. The van der Waals surface area contributed by atoms with Gasteiger partial charge in [-0.1, -0.05) is 15.9 Å². The van der Waals surface area contributed by atoms with E-state index in [0.717, 1.165) is 4.47 Å². The van der Waals surface area contributed by atoms with Crippen LogP contribution >= 0.6 is 15.9 Å². The molecule has 0 aliphatic carbocycles. The largest absolute Gasteiger partial charge is 0.496 e. The maximum atomic E-state index is 12.7. The minimum Gasteiger partial charge on any atom is -0.496 e. The molecule has 0 saturated carbocycles. The smallest absolute Gasteiger partial charge is 0.277 e. The fourth-order valence-electron chi connectivity index (χ4n) is 1.69. The maximum Gasteiger partial charge on any atom is 0.277 e. The Labute approximate surface area is 141 Å². The molecule has 23 heavy (non-hydrogen) atoms. The second-order valence-corrected chi connectivity index (χ2v) is 5.34. The van der Waals surface area contributed by atoms with Crippen LogP contribution in [0.25, 0.3) is 0 Å². The summed E-state index contributed by atoms with van der Waals surface area (Å²) in [5, 5.41) is 3.85. The molecule has 0 bridgehead atoms. The molecule has 2 rings (SSSR count).